The molecule has 0 aliphatic rings. The third-order valence-electron chi connectivity index (χ3n) is 12.1. The van der Waals surface area contributed by atoms with Crippen LogP contribution in [0.25, 0.3) is 0 Å². The largest absolute Gasteiger partial charge is 0.171 e. The van der Waals surface area contributed by atoms with Crippen molar-refractivity contribution in [2.45, 2.75) is 306 Å². The van der Waals surface area contributed by atoms with Crippen molar-refractivity contribution in [3.8, 4) is 0 Å². The molecule has 0 fully saturated rings. The highest BCUT2D eigenvalue weighted by Gasteiger charge is 2.28. The zero-order valence-corrected chi connectivity index (χ0v) is 41.0. The summed E-state index contributed by atoms with van der Waals surface area (Å²) >= 11 is 21.9. The van der Waals surface area contributed by atoms with Gasteiger partial charge >= 0.3 is 0 Å². The van der Waals surface area contributed by atoms with E-state index in [1.54, 1.807) is 0 Å². The van der Waals surface area contributed by atoms with Crippen LogP contribution in [0.4, 0.5) is 0 Å². The number of hydrogen-bond acceptors (Lipinski definition) is 4. The summed E-state index contributed by atoms with van der Waals surface area (Å²) < 4.78 is 0. The summed E-state index contributed by atoms with van der Waals surface area (Å²) in [7, 11) is 0. The van der Waals surface area contributed by atoms with Gasteiger partial charge < -0.3 is 0 Å². The van der Waals surface area contributed by atoms with E-state index in [1.165, 1.54) is 268 Å². The molecule has 4 heteroatoms. The van der Waals surface area contributed by atoms with Gasteiger partial charge in [-0.25, -0.2) is 0 Å². The van der Waals surface area contributed by atoms with Crippen molar-refractivity contribution in [2.24, 2.45) is 0 Å². The molecular weight excluding hydrogens is 729 g/mol. The van der Waals surface area contributed by atoms with Crippen molar-refractivity contribution in [1.82, 2.24) is 0 Å². The Morgan fingerprint density at radius 2 is 0.352 bits per heavy atom. The average Bonchev–Trinajstić information content (AvgIpc) is 3.16. The van der Waals surface area contributed by atoms with Crippen LogP contribution in [-0.4, -0.2) is 21.0 Å². The van der Waals surface area contributed by atoms with Gasteiger partial charge in [-0.2, -0.15) is 50.5 Å². The highest BCUT2D eigenvalue weighted by molar-refractivity contribution is 7.83. The van der Waals surface area contributed by atoms with E-state index in [1.807, 2.05) is 0 Å². The van der Waals surface area contributed by atoms with Gasteiger partial charge in [0.1, 0.15) is 0 Å². The molecule has 0 heterocycles. The minimum absolute atomic E-state index is 0.279. The summed E-state index contributed by atoms with van der Waals surface area (Å²) in [5.41, 5.74) is 3.07. The van der Waals surface area contributed by atoms with Gasteiger partial charge in [0.2, 0.25) is 0 Å². The zero-order chi connectivity index (χ0) is 39.7. The lowest BCUT2D eigenvalue weighted by Gasteiger charge is -2.31. The highest BCUT2D eigenvalue weighted by Crippen LogP contribution is 2.38. The van der Waals surface area contributed by atoms with Crippen molar-refractivity contribution in [3.63, 3.8) is 0 Å². The summed E-state index contributed by atoms with van der Waals surface area (Å²) in [6.45, 7) is 9.26. The standard InChI is InChI=1S/C50H100S4/c1-5-9-13-17-21-25-29-33-37-41-45(51)49(46(52)42-38-34-30-26-22-18-14-10-6-2)50(47(53)43-39-35-31-27-23-19-15-11-7-3)48(54)44-40-36-32-28-24-20-16-12-8-4/h45-48,51-54H,5-44H2,1-4H3. The van der Waals surface area contributed by atoms with Crippen LogP contribution in [-0.2, 0) is 0 Å². The second-order valence-electron chi connectivity index (χ2n) is 17.4. The molecule has 0 radical (unpaired) electrons. The Balaban J connectivity index is 5.63. The van der Waals surface area contributed by atoms with Crippen LogP contribution in [0.1, 0.15) is 285 Å². The van der Waals surface area contributed by atoms with Crippen molar-refractivity contribution in [2.75, 3.05) is 0 Å². The molecule has 0 N–H and O–H groups in total. The molecule has 0 aromatic rings. The molecule has 0 aliphatic carbocycles. The smallest absolute Gasteiger partial charge is 0.0240 e. The van der Waals surface area contributed by atoms with Crippen LogP contribution in [0.15, 0.2) is 11.1 Å². The van der Waals surface area contributed by atoms with Crippen LogP contribution < -0.4 is 0 Å². The van der Waals surface area contributed by atoms with Crippen LogP contribution in [0.3, 0.4) is 0 Å². The minimum Gasteiger partial charge on any atom is -0.171 e. The zero-order valence-electron chi connectivity index (χ0n) is 37.4. The maximum Gasteiger partial charge on any atom is 0.0240 e. The first-order valence-corrected chi connectivity index (χ1v) is 27.0. The molecule has 0 bridgehead atoms. The number of unbranched alkanes of at least 4 members (excludes halogenated alkanes) is 32. The monoisotopic (exact) mass is 829 g/mol. The van der Waals surface area contributed by atoms with Gasteiger partial charge in [-0.05, 0) is 36.8 Å². The molecule has 0 rings (SSSR count). The summed E-state index contributed by atoms with van der Waals surface area (Å²) in [6.07, 6.45) is 54.3. The Labute approximate surface area is 365 Å². The van der Waals surface area contributed by atoms with E-state index in [2.05, 4.69) is 27.7 Å². The maximum absolute atomic E-state index is 5.46. The van der Waals surface area contributed by atoms with Crippen molar-refractivity contribution in [1.29, 1.82) is 0 Å². The summed E-state index contributed by atoms with van der Waals surface area (Å²) in [4.78, 5) is 0. The SMILES string of the molecule is CCCCCCCCCCCC(S)C(=C(C(S)CCCCCCCCCCC)C(S)CCCCCCCCCCC)C(S)CCCCCCCCCCC. The molecule has 0 saturated carbocycles. The Bertz CT molecular complexity index is 644. The minimum atomic E-state index is 0.279. The molecule has 4 unspecified atom stereocenters. The fourth-order valence-corrected chi connectivity index (χ4v) is 10.7. The molecule has 0 saturated heterocycles. The van der Waals surface area contributed by atoms with Gasteiger partial charge in [-0.3, -0.25) is 0 Å². The second kappa shape index (κ2) is 43.7. The molecule has 0 aromatic carbocycles. The van der Waals surface area contributed by atoms with Gasteiger partial charge in [-0.15, -0.1) is 0 Å². The van der Waals surface area contributed by atoms with E-state index in [9.17, 15) is 0 Å². The lowest BCUT2D eigenvalue weighted by atomic mass is 9.88. The molecule has 54 heavy (non-hydrogen) atoms. The van der Waals surface area contributed by atoms with Crippen LogP contribution in [0, 0.1) is 0 Å². The number of hydrogen-bond donors (Lipinski definition) is 4. The van der Waals surface area contributed by atoms with Crippen molar-refractivity contribution < 1.29 is 0 Å². The van der Waals surface area contributed by atoms with E-state index in [-0.39, 0.29) is 21.0 Å². The highest BCUT2D eigenvalue weighted by atomic mass is 32.1. The lowest BCUT2D eigenvalue weighted by molar-refractivity contribution is 0.542. The molecule has 0 amide bonds. The van der Waals surface area contributed by atoms with Crippen molar-refractivity contribution >= 4 is 50.5 Å². The van der Waals surface area contributed by atoms with E-state index in [0.717, 1.165) is 0 Å². The van der Waals surface area contributed by atoms with E-state index in [0.29, 0.717) is 0 Å². The van der Waals surface area contributed by atoms with Crippen molar-refractivity contribution in [3.05, 3.63) is 11.1 Å². The second-order valence-corrected chi connectivity index (χ2v) is 19.9. The van der Waals surface area contributed by atoms with E-state index in [4.69, 9.17) is 50.5 Å². The van der Waals surface area contributed by atoms with Gasteiger partial charge in [0.05, 0.1) is 0 Å². The van der Waals surface area contributed by atoms with Gasteiger partial charge in [0, 0.05) is 21.0 Å². The predicted molar refractivity (Wildman–Crippen MR) is 265 cm³/mol. The Morgan fingerprint density at radius 1 is 0.222 bits per heavy atom. The fraction of sp³-hybridized carbons (Fsp3) is 0.960. The van der Waals surface area contributed by atoms with Crippen LogP contribution in [0.5, 0.6) is 0 Å². The van der Waals surface area contributed by atoms with Gasteiger partial charge in [0.15, 0.2) is 0 Å². The normalized spacial score (nSPS) is 14.0. The van der Waals surface area contributed by atoms with E-state index >= 15 is 0 Å². The van der Waals surface area contributed by atoms with Crippen LogP contribution in [0.2, 0.25) is 0 Å². The number of rotatable bonds is 44. The summed E-state index contributed by atoms with van der Waals surface area (Å²) in [5.74, 6) is 0. The predicted octanol–water partition coefficient (Wildman–Crippen LogP) is 19.2. The Kier molecular flexibility index (Phi) is 44.6. The van der Waals surface area contributed by atoms with Crippen LogP contribution >= 0.6 is 50.5 Å². The van der Waals surface area contributed by atoms with E-state index < -0.39 is 0 Å². The molecule has 4 atom stereocenters. The van der Waals surface area contributed by atoms with Gasteiger partial charge in [-0.1, -0.05) is 259 Å². The first-order valence-electron chi connectivity index (χ1n) is 24.9. The first-order chi connectivity index (χ1) is 26.4. The molecule has 0 nitrogen and oxygen atoms in total. The van der Waals surface area contributed by atoms with Gasteiger partial charge in [0.25, 0.3) is 0 Å². The first kappa shape index (κ1) is 55.1. The summed E-state index contributed by atoms with van der Waals surface area (Å²) in [6, 6.07) is 0. The molecular formula is C50H100S4. The average molecular weight is 830 g/mol. The fourth-order valence-electron chi connectivity index (χ4n) is 8.43. The molecule has 324 valence electrons. The quantitative estimate of drug-likeness (QED) is 0.0262. The molecule has 0 spiro atoms. The number of thiol groups is 4. The topological polar surface area (TPSA) is 0 Å². The molecule has 0 aromatic heterocycles. The third kappa shape index (κ3) is 34.0. The Hall–Kier alpha value is 1.14. The third-order valence-corrected chi connectivity index (χ3v) is 14.2. The summed E-state index contributed by atoms with van der Waals surface area (Å²) in [5, 5.41) is 1.12. The lowest BCUT2D eigenvalue weighted by Crippen LogP contribution is -2.26. The maximum atomic E-state index is 5.46. The Morgan fingerprint density at radius 3 is 0.500 bits per heavy atom. The molecule has 0 aliphatic heterocycles.